The number of carbonyl (C=O) groups excluding carboxylic acids is 1. The lowest BCUT2D eigenvalue weighted by atomic mass is 9.94. The Balaban J connectivity index is 2.72. The molecule has 0 aromatic carbocycles. The van der Waals surface area contributed by atoms with Crippen molar-refractivity contribution in [3.05, 3.63) is 12.0 Å². The molecule has 0 bridgehead atoms. The second-order valence-electron chi connectivity index (χ2n) is 4.83. The Labute approximate surface area is 122 Å². The lowest BCUT2D eigenvalue weighted by molar-refractivity contribution is -0.164. The van der Waals surface area contributed by atoms with Gasteiger partial charge in [0.25, 0.3) is 11.2 Å². The number of hydrogen-bond donors (Lipinski definition) is 8. The normalized spacial score (nSPS) is 35.7. The Bertz CT molecular complexity index is 645. The van der Waals surface area contributed by atoms with Crippen LogP contribution in [0.4, 0.5) is 5.82 Å². The van der Waals surface area contributed by atoms with Crippen LogP contribution in [0.2, 0.25) is 0 Å². The summed E-state index contributed by atoms with van der Waals surface area (Å²) >= 11 is 0. The molecule has 4 atom stereocenters. The summed E-state index contributed by atoms with van der Waals surface area (Å²) in [6, 6.07) is 0. The van der Waals surface area contributed by atoms with Crippen molar-refractivity contribution in [2.24, 2.45) is 5.73 Å². The highest BCUT2D eigenvalue weighted by molar-refractivity contribution is 7.53. The molecule has 1 aliphatic heterocycles. The first-order valence-corrected chi connectivity index (χ1v) is 7.48. The molecule has 0 radical (unpaired) electrons. The van der Waals surface area contributed by atoms with Crippen molar-refractivity contribution in [1.82, 2.24) is 9.97 Å². The molecule has 1 aliphatic rings. The highest BCUT2D eigenvalue weighted by atomic mass is 31.2. The number of aliphatic hydroxyl groups excluding tert-OH is 3. The zero-order chi connectivity index (χ0) is 16.9. The van der Waals surface area contributed by atoms with Crippen LogP contribution >= 0.6 is 7.60 Å². The van der Waals surface area contributed by atoms with Crippen molar-refractivity contribution in [3.8, 4) is 0 Å². The lowest BCUT2D eigenvalue weighted by Gasteiger charge is -2.31. The van der Waals surface area contributed by atoms with Crippen LogP contribution in [0.1, 0.15) is 5.82 Å². The van der Waals surface area contributed by atoms with E-state index in [0.717, 1.165) is 6.20 Å². The van der Waals surface area contributed by atoms with Gasteiger partial charge in [-0.2, -0.15) is 0 Å². The van der Waals surface area contributed by atoms with E-state index in [9.17, 15) is 34.5 Å². The molecule has 124 valence electrons. The van der Waals surface area contributed by atoms with Crippen molar-refractivity contribution in [1.29, 1.82) is 0 Å². The quantitative estimate of drug-likeness (QED) is 0.250. The third-order valence-corrected chi connectivity index (χ3v) is 4.97. The van der Waals surface area contributed by atoms with Crippen LogP contribution in [0, 0.1) is 0 Å². The number of nitrogens with zero attached hydrogens (tertiary/aromatic N) is 1. The molecular formula is C9H15N4O8P. The van der Waals surface area contributed by atoms with Crippen LogP contribution in [0.5, 0.6) is 0 Å². The van der Waals surface area contributed by atoms with Gasteiger partial charge in [-0.15, -0.1) is 0 Å². The first-order chi connectivity index (χ1) is 10.0. The number of rotatable bonds is 4. The Morgan fingerprint density at radius 2 is 2.05 bits per heavy atom. The van der Waals surface area contributed by atoms with Gasteiger partial charge < -0.3 is 46.3 Å². The molecule has 13 heteroatoms. The number of primary amides is 1. The number of anilines is 1. The predicted octanol–water partition coefficient (Wildman–Crippen LogP) is -3.71. The standard InChI is InChI=1S/C9H15N4O8P/c10-3-1-12-7(13-3)9(22(18,19)20)5(16)4(15)8(2-14,21-9)6(11)17/h1,4-5,14-16H,2,10H2,(H2,11,17)(H,12,13)(H2,18,19,20)/t4-,5+,8+,9?/m0/s1. The van der Waals surface area contributed by atoms with E-state index in [1.165, 1.54) is 0 Å². The number of nitrogen functional groups attached to an aromatic ring is 1. The Kier molecular flexibility index (Phi) is 3.82. The minimum Gasteiger partial charge on any atom is -0.393 e. The summed E-state index contributed by atoms with van der Waals surface area (Å²) in [5, 5.41) is 26.5. The van der Waals surface area contributed by atoms with Crippen LogP contribution in [0.15, 0.2) is 6.20 Å². The number of aromatic amines is 1. The number of hydrogen-bond acceptors (Lipinski definition) is 8. The average molecular weight is 338 g/mol. The number of aliphatic hydroxyl groups is 3. The summed E-state index contributed by atoms with van der Waals surface area (Å²) in [6.45, 7) is -1.22. The summed E-state index contributed by atoms with van der Waals surface area (Å²) in [5.41, 5.74) is 7.79. The molecule has 2 heterocycles. The summed E-state index contributed by atoms with van der Waals surface area (Å²) in [5.74, 6) is -2.16. The van der Waals surface area contributed by atoms with Gasteiger partial charge in [-0.25, -0.2) is 4.98 Å². The fraction of sp³-hybridized carbons (Fsp3) is 0.556. The second kappa shape index (κ2) is 4.99. The van der Waals surface area contributed by atoms with Crippen molar-refractivity contribution in [2.45, 2.75) is 23.2 Å². The van der Waals surface area contributed by atoms with Crippen molar-refractivity contribution in [3.63, 3.8) is 0 Å². The summed E-state index contributed by atoms with van der Waals surface area (Å²) < 4.78 is 16.9. The van der Waals surface area contributed by atoms with E-state index < -0.39 is 49.1 Å². The average Bonchev–Trinajstić information content (AvgIpc) is 2.93. The number of imidazole rings is 1. The molecule has 12 nitrogen and oxygen atoms in total. The third kappa shape index (κ3) is 1.97. The molecule has 22 heavy (non-hydrogen) atoms. The smallest absolute Gasteiger partial charge is 0.367 e. The zero-order valence-corrected chi connectivity index (χ0v) is 11.8. The zero-order valence-electron chi connectivity index (χ0n) is 10.9. The van der Waals surface area contributed by atoms with Crippen LogP contribution in [0.25, 0.3) is 0 Å². The molecule has 10 N–H and O–H groups in total. The van der Waals surface area contributed by atoms with E-state index in [-0.39, 0.29) is 5.82 Å². The first-order valence-electron chi connectivity index (χ1n) is 5.86. The van der Waals surface area contributed by atoms with Crippen molar-refractivity contribution in [2.75, 3.05) is 12.3 Å². The van der Waals surface area contributed by atoms with Gasteiger partial charge in [0.1, 0.15) is 18.0 Å². The number of ether oxygens (including phenoxy) is 1. The van der Waals surface area contributed by atoms with Crippen LogP contribution in [0.3, 0.4) is 0 Å². The number of carbonyl (C=O) groups is 1. The summed E-state index contributed by atoms with van der Waals surface area (Å²) in [7, 11) is -5.38. The monoisotopic (exact) mass is 338 g/mol. The van der Waals surface area contributed by atoms with Gasteiger partial charge in [0.05, 0.1) is 12.8 Å². The molecule has 1 aromatic rings. The van der Waals surface area contributed by atoms with Crippen LogP contribution in [-0.4, -0.2) is 65.4 Å². The van der Waals surface area contributed by atoms with E-state index in [2.05, 4.69) is 9.97 Å². The highest BCUT2D eigenvalue weighted by Gasteiger charge is 2.73. The highest BCUT2D eigenvalue weighted by Crippen LogP contribution is 2.64. The topological polar surface area (TPSA) is 225 Å². The number of nitrogens with one attached hydrogen (secondary N) is 1. The van der Waals surface area contributed by atoms with Gasteiger partial charge in [-0.1, -0.05) is 0 Å². The number of H-pyrrole nitrogens is 1. The minimum absolute atomic E-state index is 0.117. The first kappa shape index (κ1) is 16.8. The molecule has 1 unspecified atom stereocenters. The Morgan fingerprint density at radius 1 is 1.45 bits per heavy atom. The molecule has 1 aromatic heterocycles. The molecule has 0 saturated carbocycles. The number of nitrogens with two attached hydrogens (primary N) is 2. The van der Waals surface area contributed by atoms with E-state index in [0.29, 0.717) is 0 Å². The number of amides is 1. The fourth-order valence-corrected chi connectivity index (χ4v) is 3.50. The molecule has 1 fully saturated rings. The summed E-state index contributed by atoms with van der Waals surface area (Å²) in [4.78, 5) is 36.6. The maximum atomic E-state index is 11.9. The number of aromatic nitrogens is 2. The van der Waals surface area contributed by atoms with Gasteiger partial charge in [0, 0.05) is 0 Å². The molecule has 0 spiro atoms. The molecule has 0 aliphatic carbocycles. The summed E-state index contributed by atoms with van der Waals surface area (Å²) in [6.07, 6.45) is -3.55. The molecular weight excluding hydrogens is 323 g/mol. The third-order valence-electron chi connectivity index (χ3n) is 3.53. The second-order valence-corrected chi connectivity index (χ2v) is 6.58. The largest absolute Gasteiger partial charge is 0.393 e. The lowest BCUT2D eigenvalue weighted by Crippen LogP contribution is -2.56. The van der Waals surface area contributed by atoms with Crippen LogP contribution in [-0.2, 0) is 19.4 Å². The van der Waals surface area contributed by atoms with Crippen LogP contribution < -0.4 is 11.5 Å². The maximum Gasteiger partial charge on any atom is 0.367 e. The SMILES string of the molecule is NC(=O)[C@]1(CO)OC(c2ncc(N)[nH]2)(P(=O)(O)O)[C@H](O)[C@@H]1O. The van der Waals surface area contributed by atoms with E-state index in [1.807, 2.05) is 0 Å². The minimum atomic E-state index is -5.38. The van der Waals surface area contributed by atoms with Gasteiger partial charge in [0.15, 0.2) is 11.4 Å². The molecule has 1 saturated heterocycles. The fourth-order valence-electron chi connectivity index (χ4n) is 2.34. The predicted molar refractivity (Wildman–Crippen MR) is 68.8 cm³/mol. The van der Waals surface area contributed by atoms with Gasteiger partial charge >= 0.3 is 7.60 Å². The van der Waals surface area contributed by atoms with E-state index in [1.54, 1.807) is 0 Å². The van der Waals surface area contributed by atoms with Gasteiger partial charge in [-0.3, -0.25) is 9.36 Å². The van der Waals surface area contributed by atoms with Crippen molar-refractivity contribution >= 4 is 19.3 Å². The maximum absolute atomic E-state index is 11.9. The Morgan fingerprint density at radius 3 is 2.36 bits per heavy atom. The van der Waals surface area contributed by atoms with Gasteiger partial charge in [0.2, 0.25) is 0 Å². The van der Waals surface area contributed by atoms with E-state index in [4.69, 9.17) is 16.2 Å². The molecule has 2 rings (SSSR count). The Hall–Kier alpha value is -1.53. The van der Waals surface area contributed by atoms with E-state index >= 15 is 0 Å². The van der Waals surface area contributed by atoms with Gasteiger partial charge in [-0.05, 0) is 0 Å². The molecule has 1 amide bonds. The van der Waals surface area contributed by atoms with Crippen molar-refractivity contribution < 1.29 is 39.2 Å².